The van der Waals surface area contributed by atoms with E-state index in [0.717, 1.165) is 31.4 Å². The van der Waals surface area contributed by atoms with Crippen LogP contribution in [0, 0.1) is 5.82 Å². The molecule has 1 unspecified atom stereocenters. The van der Waals surface area contributed by atoms with E-state index in [4.69, 9.17) is 4.74 Å². The Hall–Kier alpha value is -2.94. The molecule has 1 spiro atoms. The Morgan fingerprint density at radius 1 is 1.18 bits per heavy atom. The Balaban J connectivity index is 1.16. The fourth-order valence-electron chi connectivity index (χ4n) is 5.71. The van der Waals surface area contributed by atoms with Crippen molar-refractivity contribution in [3.05, 3.63) is 35.8 Å². The SMILES string of the molecule is O=C1N(C2CCCC2)CCC12Cc1cnc(Nc3ccc(N4CCOCC4)c(F)c3)nc1N2. The molecular formula is C24H29FN6O2. The summed E-state index contributed by atoms with van der Waals surface area (Å²) in [5.74, 6) is 0.987. The van der Waals surface area contributed by atoms with Crippen molar-refractivity contribution in [2.24, 2.45) is 0 Å². The van der Waals surface area contributed by atoms with E-state index >= 15 is 0 Å². The number of carbonyl (C=O) groups is 1. The van der Waals surface area contributed by atoms with Crippen LogP contribution in [0.15, 0.2) is 24.4 Å². The Kier molecular flexibility index (Phi) is 5.09. The maximum atomic E-state index is 14.7. The number of halogens is 1. The highest BCUT2D eigenvalue weighted by Gasteiger charge is 2.52. The number of carbonyl (C=O) groups excluding carboxylic acids is 1. The van der Waals surface area contributed by atoms with Gasteiger partial charge in [0.25, 0.3) is 0 Å². The number of morpholine rings is 1. The third-order valence-corrected chi connectivity index (χ3v) is 7.49. The second kappa shape index (κ2) is 8.13. The lowest BCUT2D eigenvalue weighted by atomic mass is 9.94. The molecule has 1 saturated carbocycles. The van der Waals surface area contributed by atoms with Gasteiger partial charge in [-0.2, -0.15) is 4.98 Å². The Morgan fingerprint density at radius 2 is 2.00 bits per heavy atom. The normalized spacial score (nSPS) is 25.1. The van der Waals surface area contributed by atoms with Gasteiger partial charge in [-0.1, -0.05) is 12.8 Å². The van der Waals surface area contributed by atoms with E-state index in [1.807, 2.05) is 11.0 Å². The molecule has 1 aromatic carbocycles. The highest BCUT2D eigenvalue weighted by molar-refractivity contribution is 5.94. The number of fused-ring (bicyclic) bond motifs is 1. The van der Waals surface area contributed by atoms with Crippen molar-refractivity contribution in [3.8, 4) is 0 Å². The summed E-state index contributed by atoms with van der Waals surface area (Å²) in [7, 11) is 0. The minimum atomic E-state index is -0.593. The van der Waals surface area contributed by atoms with Crippen molar-refractivity contribution in [1.82, 2.24) is 14.9 Å². The summed E-state index contributed by atoms with van der Waals surface area (Å²) < 4.78 is 20.1. The fraction of sp³-hybridized carbons (Fsp3) is 0.542. The molecule has 2 N–H and O–H groups in total. The minimum absolute atomic E-state index is 0.197. The third-order valence-electron chi connectivity index (χ3n) is 7.49. The average Bonchev–Trinajstić information content (AvgIpc) is 3.54. The molecule has 3 fully saturated rings. The van der Waals surface area contributed by atoms with Crippen LogP contribution in [0.2, 0.25) is 0 Å². The molecule has 2 aromatic rings. The molecule has 33 heavy (non-hydrogen) atoms. The maximum Gasteiger partial charge on any atom is 0.248 e. The van der Waals surface area contributed by atoms with E-state index in [0.29, 0.717) is 61.9 Å². The van der Waals surface area contributed by atoms with Crippen LogP contribution in [0.1, 0.15) is 37.7 Å². The van der Waals surface area contributed by atoms with Crippen LogP contribution >= 0.6 is 0 Å². The van der Waals surface area contributed by atoms with E-state index in [2.05, 4.69) is 25.5 Å². The zero-order valence-electron chi connectivity index (χ0n) is 18.6. The number of aromatic nitrogens is 2. The number of ether oxygens (including phenoxy) is 1. The number of amides is 1. The van der Waals surface area contributed by atoms with Gasteiger partial charge in [0.1, 0.15) is 17.2 Å². The highest BCUT2D eigenvalue weighted by atomic mass is 19.1. The topological polar surface area (TPSA) is 82.6 Å². The first-order valence-electron chi connectivity index (χ1n) is 12.0. The van der Waals surface area contributed by atoms with E-state index < -0.39 is 5.54 Å². The van der Waals surface area contributed by atoms with Gasteiger partial charge in [-0.25, -0.2) is 9.37 Å². The summed E-state index contributed by atoms with van der Waals surface area (Å²) in [5, 5.41) is 6.54. The number of rotatable bonds is 4. The number of anilines is 4. The largest absolute Gasteiger partial charge is 0.378 e. The first-order chi connectivity index (χ1) is 16.1. The summed E-state index contributed by atoms with van der Waals surface area (Å²) in [5.41, 5.74) is 1.52. The van der Waals surface area contributed by atoms with Gasteiger partial charge in [0.05, 0.1) is 18.9 Å². The predicted octanol–water partition coefficient (Wildman–Crippen LogP) is 3.08. The molecule has 4 heterocycles. The molecule has 0 radical (unpaired) electrons. The molecule has 1 aromatic heterocycles. The zero-order valence-corrected chi connectivity index (χ0v) is 18.6. The number of hydrogen-bond acceptors (Lipinski definition) is 7. The number of nitrogens with one attached hydrogen (secondary N) is 2. The molecule has 0 bridgehead atoms. The van der Waals surface area contributed by atoms with Crippen molar-refractivity contribution < 1.29 is 13.9 Å². The molecule has 8 nitrogen and oxygen atoms in total. The summed E-state index contributed by atoms with van der Waals surface area (Å²) >= 11 is 0. The van der Waals surface area contributed by atoms with Crippen molar-refractivity contribution in [1.29, 1.82) is 0 Å². The molecule has 6 rings (SSSR count). The molecule has 1 amide bonds. The van der Waals surface area contributed by atoms with E-state index in [1.54, 1.807) is 12.3 Å². The standard InChI is InChI=1S/C24H29FN6O2/c25-19-13-17(5-6-20(19)30-9-11-33-12-10-30)27-23-26-15-16-14-24(29-21(16)28-23)7-8-31(22(24)32)18-3-1-2-4-18/h5-6,13,15,18H,1-4,7-12,14H2,(H2,26,27,28,29). The summed E-state index contributed by atoms with van der Waals surface area (Å²) in [6.45, 7) is 3.39. The number of hydrogen-bond donors (Lipinski definition) is 2. The van der Waals surface area contributed by atoms with Gasteiger partial charge in [-0.05, 0) is 37.5 Å². The lowest BCUT2D eigenvalue weighted by molar-refractivity contribution is -0.133. The summed E-state index contributed by atoms with van der Waals surface area (Å²) in [6, 6.07) is 5.47. The predicted molar refractivity (Wildman–Crippen MR) is 123 cm³/mol. The second-order valence-corrected chi connectivity index (χ2v) is 9.53. The first kappa shape index (κ1) is 20.7. The van der Waals surface area contributed by atoms with Crippen molar-refractivity contribution >= 4 is 29.0 Å². The van der Waals surface area contributed by atoms with Crippen LogP contribution in [-0.4, -0.2) is 65.2 Å². The molecule has 1 aliphatic carbocycles. The zero-order chi connectivity index (χ0) is 22.4. The highest BCUT2D eigenvalue weighted by Crippen LogP contribution is 2.40. The van der Waals surface area contributed by atoms with Gasteiger partial charge < -0.3 is 25.2 Å². The van der Waals surface area contributed by atoms with Crippen LogP contribution in [-0.2, 0) is 16.0 Å². The van der Waals surface area contributed by atoms with Gasteiger partial charge in [-0.15, -0.1) is 0 Å². The summed E-state index contributed by atoms with van der Waals surface area (Å²) in [6.07, 6.45) is 7.83. The lowest BCUT2D eigenvalue weighted by Crippen LogP contribution is -2.47. The third kappa shape index (κ3) is 3.68. The number of benzene rings is 1. The number of nitrogens with zero attached hydrogens (tertiary/aromatic N) is 4. The van der Waals surface area contributed by atoms with E-state index in [9.17, 15) is 9.18 Å². The van der Waals surface area contributed by atoms with Crippen LogP contribution in [0.3, 0.4) is 0 Å². The molecule has 1 atom stereocenters. The fourth-order valence-corrected chi connectivity index (χ4v) is 5.71. The number of likely N-dealkylation sites (tertiary alicyclic amines) is 1. The van der Waals surface area contributed by atoms with Crippen LogP contribution in [0.5, 0.6) is 0 Å². The Bertz CT molecular complexity index is 1070. The van der Waals surface area contributed by atoms with Crippen molar-refractivity contribution in [2.75, 3.05) is 48.4 Å². The van der Waals surface area contributed by atoms with E-state index in [-0.39, 0.29) is 11.7 Å². The van der Waals surface area contributed by atoms with E-state index in [1.165, 1.54) is 18.9 Å². The maximum absolute atomic E-state index is 14.7. The smallest absolute Gasteiger partial charge is 0.248 e. The Morgan fingerprint density at radius 3 is 2.79 bits per heavy atom. The molecule has 3 aliphatic heterocycles. The van der Waals surface area contributed by atoms with Crippen molar-refractivity contribution in [2.45, 2.75) is 50.1 Å². The molecule has 2 saturated heterocycles. The van der Waals surface area contributed by atoms with Crippen LogP contribution in [0.4, 0.5) is 27.5 Å². The first-order valence-corrected chi connectivity index (χ1v) is 12.0. The monoisotopic (exact) mass is 452 g/mol. The molecule has 174 valence electrons. The quantitative estimate of drug-likeness (QED) is 0.738. The second-order valence-electron chi connectivity index (χ2n) is 9.53. The minimum Gasteiger partial charge on any atom is -0.378 e. The van der Waals surface area contributed by atoms with Gasteiger partial charge in [-0.3, -0.25) is 4.79 Å². The summed E-state index contributed by atoms with van der Waals surface area (Å²) in [4.78, 5) is 26.4. The van der Waals surface area contributed by atoms with Gasteiger partial charge in [0.15, 0.2) is 0 Å². The van der Waals surface area contributed by atoms with Crippen LogP contribution in [0.25, 0.3) is 0 Å². The van der Waals surface area contributed by atoms with Crippen LogP contribution < -0.4 is 15.5 Å². The molecule has 4 aliphatic rings. The lowest BCUT2D eigenvalue weighted by Gasteiger charge is -2.29. The van der Waals surface area contributed by atoms with Gasteiger partial charge in [0.2, 0.25) is 11.9 Å². The van der Waals surface area contributed by atoms with Gasteiger partial charge >= 0.3 is 0 Å². The average molecular weight is 453 g/mol. The van der Waals surface area contributed by atoms with Crippen molar-refractivity contribution in [3.63, 3.8) is 0 Å². The van der Waals surface area contributed by atoms with Gasteiger partial charge in [0, 0.05) is 49.5 Å². The Labute approximate surface area is 192 Å². The molecular weight excluding hydrogens is 423 g/mol. The molecule has 9 heteroatoms.